The van der Waals surface area contributed by atoms with Crippen molar-refractivity contribution in [1.29, 1.82) is 0 Å². The van der Waals surface area contributed by atoms with Gasteiger partial charge in [0.25, 0.3) is 0 Å². The number of fused-ring (bicyclic) bond motifs is 1. The van der Waals surface area contributed by atoms with Crippen molar-refractivity contribution in [3.8, 4) is 0 Å². The number of halogens is 3. The number of benzene rings is 1. The highest BCUT2D eigenvalue weighted by Gasteiger charge is 2.33. The predicted octanol–water partition coefficient (Wildman–Crippen LogP) is 2.24. The van der Waals surface area contributed by atoms with Crippen LogP contribution in [0.15, 0.2) is 24.3 Å². The topological polar surface area (TPSA) is 52.6 Å². The summed E-state index contributed by atoms with van der Waals surface area (Å²) in [6.07, 6.45) is -3.03. The van der Waals surface area contributed by atoms with Gasteiger partial charge in [0.05, 0.1) is 12.6 Å². The zero-order valence-electron chi connectivity index (χ0n) is 11.4. The van der Waals surface area contributed by atoms with Gasteiger partial charge in [-0.15, -0.1) is 0 Å². The van der Waals surface area contributed by atoms with Crippen LogP contribution in [-0.2, 0) is 6.42 Å². The summed E-state index contributed by atoms with van der Waals surface area (Å²) in [5.41, 5.74) is 2.03. The van der Waals surface area contributed by atoms with Gasteiger partial charge >= 0.3 is 12.2 Å². The Morgan fingerprint density at radius 1 is 1.38 bits per heavy atom. The first-order valence-corrected chi connectivity index (χ1v) is 6.72. The Labute approximate surface area is 120 Å². The van der Waals surface area contributed by atoms with Crippen LogP contribution in [0.5, 0.6) is 0 Å². The number of hydrogen-bond acceptors (Lipinski definition) is 2. The molecule has 2 amide bonds. The Kier molecular flexibility index (Phi) is 4.72. The summed E-state index contributed by atoms with van der Waals surface area (Å²) in [7, 11) is 0. The Morgan fingerprint density at radius 2 is 2.10 bits per heavy atom. The molecule has 4 nitrogen and oxygen atoms in total. The zero-order chi connectivity index (χ0) is 15.5. The highest BCUT2D eigenvalue weighted by molar-refractivity contribution is 5.75. The number of aliphatic hydroxyl groups is 1. The molecule has 0 spiro atoms. The van der Waals surface area contributed by atoms with Gasteiger partial charge < -0.3 is 15.3 Å². The molecule has 7 heteroatoms. The van der Waals surface area contributed by atoms with Gasteiger partial charge in [0, 0.05) is 6.54 Å². The number of aryl methyl sites for hydroxylation is 1. The number of amides is 2. The summed E-state index contributed by atoms with van der Waals surface area (Å²) < 4.78 is 36.6. The SMILES string of the molecule is O=C(NCC(F)(F)F)N(CCO)[C@@H]1CCc2ccccc21. The summed E-state index contributed by atoms with van der Waals surface area (Å²) in [4.78, 5) is 13.3. The molecule has 0 bridgehead atoms. The fourth-order valence-electron chi connectivity index (χ4n) is 2.64. The van der Waals surface area contributed by atoms with E-state index in [-0.39, 0.29) is 19.2 Å². The predicted molar refractivity (Wildman–Crippen MR) is 70.7 cm³/mol. The molecule has 116 valence electrons. The maximum Gasteiger partial charge on any atom is 0.405 e. The fourth-order valence-corrected chi connectivity index (χ4v) is 2.64. The maximum absolute atomic E-state index is 12.2. The number of carbonyl (C=O) groups excluding carboxylic acids is 1. The van der Waals surface area contributed by atoms with Crippen LogP contribution in [0.25, 0.3) is 0 Å². The van der Waals surface area contributed by atoms with Crippen molar-refractivity contribution in [3.63, 3.8) is 0 Å². The van der Waals surface area contributed by atoms with Crippen LogP contribution in [-0.4, -0.2) is 41.9 Å². The Balaban J connectivity index is 2.11. The molecule has 2 N–H and O–H groups in total. The standard InChI is InChI=1S/C14H17F3N2O2/c15-14(16,17)9-18-13(21)19(7-8-20)12-6-5-10-3-1-2-4-11(10)12/h1-4,12,20H,5-9H2,(H,18,21)/t12-/m1/s1. The Bertz CT molecular complexity index is 505. The second kappa shape index (κ2) is 6.34. The van der Waals surface area contributed by atoms with E-state index >= 15 is 0 Å². The van der Waals surface area contributed by atoms with Gasteiger partial charge in [0.2, 0.25) is 0 Å². The van der Waals surface area contributed by atoms with Crippen molar-refractivity contribution in [3.05, 3.63) is 35.4 Å². The molecule has 0 aliphatic heterocycles. The molecule has 0 unspecified atom stereocenters. The van der Waals surface area contributed by atoms with Gasteiger partial charge in [-0.3, -0.25) is 0 Å². The van der Waals surface area contributed by atoms with Crippen LogP contribution < -0.4 is 5.32 Å². The fraction of sp³-hybridized carbons (Fsp3) is 0.500. The highest BCUT2D eigenvalue weighted by atomic mass is 19.4. The Hall–Kier alpha value is -1.76. The normalized spacial score (nSPS) is 17.4. The van der Waals surface area contributed by atoms with E-state index in [1.807, 2.05) is 29.6 Å². The third kappa shape index (κ3) is 3.87. The molecular formula is C14H17F3N2O2. The van der Waals surface area contributed by atoms with Crippen molar-refractivity contribution in [2.45, 2.75) is 25.1 Å². The van der Waals surface area contributed by atoms with Crippen LogP contribution in [0, 0.1) is 0 Å². The molecule has 1 atom stereocenters. The van der Waals surface area contributed by atoms with Crippen LogP contribution in [0.1, 0.15) is 23.6 Å². The zero-order valence-corrected chi connectivity index (χ0v) is 11.4. The lowest BCUT2D eigenvalue weighted by atomic mass is 10.1. The molecule has 0 radical (unpaired) electrons. The van der Waals surface area contributed by atoms with Crippen molar-refractivity contribution in [1.82, 2.24) is 10.2 Å². The first-order chi connectivity index (χ1) is 9.92. The minimum absolute atomic E-state index is 0.00267. The van der Waals surface area contributed by atoms with Crippen molar-refractivity contribution in [2.75, 3.05) is 19.7 Å². The average molecular weight is 302 g/mol. The monoisotopic (exact) mass is 302 g/mol. The van der Waals surface area contributed by atoms with E-state index in [2.05, 4.69) is 0 Å². The summed E-state index contributed by atoms with van der Waals surface area (Å²) in [6, 6.07) is 6.45. The minimum Gasteiger partial charge on any atom is -0.395 e. The number of aliphatic hydroxyl groups excluding tert-OH is 1. The molecule has 2 rings (SSSR count). The molecule has 0 fully saturated rings. The van der Waals surface area contributed by atoms with E-state index in [1.165, 1.54) is 4.90 Å². The molecule has 0 saturated heterocycles. The van der Waals surface area contributed by atoms with E-state index < -0.39 is 18.8 Å². The van der Waals surface area contributed by atoms with Gasteiger partial charge in [-0.2, -0.15) is 13.2 Å². The third-order valence-electron chi connectivity index (χ3n) is 3.52. The minimum atomic E-state index is -4.45. The largest absolute Gasteiger partial charge is 0.405 e. The summed E-state index contributed by atoms with van der Waals surface area (Å²) >= 11 is 0. The van der Waals surface area contributed by atoms with Gasteiger partial charge in [-0.1, -0.05) is 24.3 Å². The number of nitrogens with zero attached hydrogens (tertiary/aromatic N) is 1. The van der Waals surface area contributed by atoms with E-state index in [4.69, 9.17) is 5.11 Å². The number of carbonyl (C=O) groups is 1. The lowest BCUT2D eigenvalue weighted by Gasteiger charge is -2.29. The molecular weight excluding hydrogens is 285 g/mol. The second-order valence-corrected chi connectivity index (χ2v) is 4.94. The first-order valence-electron chi connectivity index (χ1n) is 6.72. The van der Waals surface area contributed by atoms with Crippen molar-refractivity contribution in [2.24, 2.45) is 0 Å². The van der Waals surface area contributed by atoms with Gasteiger partial charge in [-0.25, -0.2) is 4.79 Å². The summed E-state index contributed by atoms with van der Waals surface area (Å²) in [5, 5.41) is 10.9. The van der Waals surface area contributed by atoms with Crippen LogP contribution >= 0.6 is 0 Å². The Morgan fingerprint density at radius 3 is 2.76 bits per heavy atom. The van der Waals surface area contributed by atoms with Gasteiger partial charge in [-0.05, 0) is 24.0 Å². The van der Waals surface area contributed by atoms with Crippen LogP contribution in [0.2, 0.25) is 0 Å². The van der Waals surface area contributed by atoms with E-state index in [0.29, 0.717) is 6.42 Å². The quantitative estimate of drug-likeness (QED) is 0.896. The summed E-state index contributed by atoms with van der Waals surface area (Å²) in [6.45, 7) is -1.66. The molecule has 0 saturated carbocycles. The van der Waals surface area contributed by atoms with Gasteiger partial charge in [0.15, 0.2) is 0 Å². The van der Waals surface area contributed by atoms with Gasteiger partial charge in [0.1, 0.15) is 6.54 Å². The molecule has 1 aliphatic rings. The first kappa shape index (κ1) is 15.6. The average Bonchev–Trinajstić information content (AvgIpc) is 2.85. The van der Waals surface area contributed by atoms with E-state index in [9.17, 15) is 18.0 Å². The van der Waals surface area contributed by atoms with Crippen LogP contribution in [0.4, 0.5) is 18.0 Å². The maximum atomic E-state index is 12.2. The number of alkyl halides is 3. The van der Waals surface area contributed by atoms with E-state index in [1.54, 1.807) is 0 Å². The number of nitrogens with one attached hydrogen (secondary N) is 1. The van der Waals surface area contributed by atoms with Crippen LogP contribution in [0.3, 0.4) is 0 Å². The molecule has 1 aliphatic carbocycles. The molecule has 1 aromatic rings. The summed E-state index contributed by atoms with van der Waals surface area (Å²) in [5.74, 6) is 0. The number of hydrogen-bond donors (Lipinski definition) is 2. The number of rotatable bonds is 4. The van der Waals surface area contributed by atoms with E-state index in [0.717, 1.165) is 17.5 Å². The third-order valence-corrected chi connectivity index (χ3v) is 3.52. The molecule has 0 aromatic heterocycles. The smallest absolute Gasteiger partial charge is 0.395 e. The lowest BCUT2D eigenvalue weighted by Crippen LogP contribution is -2.46. The number of urea groups is 1. The van der Waals surface area contributed by atoms with Crippen molar-refractivity contribution < 1.29 is 23.1 Å². The second-order valence-electron chi connectivity index (χ2n) is 4.94. The lowest BCUT2D eigenvalue weighted by molar-refractivity contribution is -0.123. The molecule has 0 heterocycles. The molecule has 21 heavy (non-hydrogen) atoms. The van der Waals surface area contributed by atoms with Crippen molar-refractivity contribution >= 4 is 6.03 Å². The molecule has 1 aromatic carbocycles. The highest BCUT2D eigenvalue weighted by Crippen LogP contribution is 2.35.